The Morgan fingerprint density at radius 1 is 1.03 bits per heavy atom. The Hall–Kier alpha value is -2.36. The molecule has 0 aliphatic heterocycles. The zero-order valence-electron chi connectivity index (χ0n) is 18.5. The summed E-state index contributed by atoms with van der Waals surface area (Å²) in [6.45, 7) is 7.29. The fourth-order valence-electron chi connectivity index (χ4n) is 3.52. The standard InChI is InChI=1S/C23H28FN3O3S2/c1-4-14-26(15-5-2)32(29,30)18-12-10-17(11-13-18)22(28)25-23-27(16-6-3)21-19(24)8-7-9-20(21)31-23/h7-13H,4-6,14-16H2,1-3H3. The maximum Gasteiger partial charge on any atom is 0.279 e. The van der Waals surface area contributed by atoms with Gasteiger partial charge in [0.05, 0.1) is 15.1 Å². The lowest BCUT2D eigenvalue weighted by Gasteiger charge is -2.21. The Labute approximate surface area is 192 Å². The molecule has 0 aliphatic carbocycles. The molecule has 0 aliphatic rings. The van der Waals surface area contributed by atoms with Crippen LogP contribution in [-0.4, -0.2) is 36.3 Å². The molecule has 2 aromatic carbocycles. The SMILES string of the molecule is CCCN(CCC)S(=O)(=O)c1ccc(C(=O)N=c2sc3cccc(F)c3n2CCC)cc1. The molecule has 6 nitrogen and oxygen atoms in total. The van der Waals surface area contributed by atoms with Crippen molar-refractivity contribution in [3.05, 3.63) is 58.6 Å². The van der Waals surface area contributed by atoms with E-state index in [1.54, 1.807) is 16.7 Å². The van der Waals surface area contributed by atoms with Crippen LogP contribution < -0.4 is 4.80 Å². The van der Waals surface area contributed by atoms with Crippen molar-refractivity contribution in [2.75, 3.05) is 13.1 Å². The molecule has 0 N–H and O–H groups in total. The van der Waals surface area contributed by atoms with Crippen molar-refractivity contribution in [2.45, 2.75) is 51.5 Å². The van der Waals surface area contributed by atoms with Gasteiger partial charge in [0.15, 0.2) is 4.80 Å². The topological polar surface area (TPSA) is 71.7 Å². The maximum atomic E-state index is 14.4. The van der Waals surface area contributed by atoms with Gasteiger partial charge < -0.3 is 4.57 Å². The second-order valence-corrected chi connectivity index (χ2v) is 10.4. The number of rotatable bonds is 9. The van der Waals surface area contributed by atoms with Crippen molar-refractivity contribution in [1.29, 1.82) is 0 Å². The van der Waals surface area contributed by atoms with E-state index in [9.17, 15) is 17.6 Å². The smallest absolute Gasteiger partial charge is 0.279 e. The molecule has 32 heavy (non-hydrogen) atoms. The molecule has 0 atom stereocenters. The third-order valence-electron chi connectivity index (χ3n) is 4.98. The average molecular weight is 478 g/mol. The first kappa shape index (κ1) is 24.3. The molecule has 3 aromatic rings. The summed E-state index contributed by atoms with van der Waals surface area (Å²) in [4.78, 5) is 17.6. The molecule has 0 saturated heterocycles. The first-order valence-electron chi connectivity index (χ1n) is 10.8. The molecule has 0 unspecified atom stereocenters. The van der Waals surface area contributed by atoms with Gasteiger partial charge in [0.1, 0.15) is 5.82 Å². The van der Waals surface area contributed by atoms with Crippen LogP contribution in [0.3, 0.4) is 0 Å². The zero-order valence-corrected chi connectivity index (χ0v) is 20.2. The summed E-state index contributed by atoms with van der Waals surface area (Å²) >= 11 is 1.26. The highest BCUT2D eigenvalue weighted by Crippen LogP contribution is 2.21. The van der Waals surface area contributed by atoms with E-state index in [1.165, 1.54) is 46.0 Å². The van der Waals surface area contributed by atoms with Gasteiger partial charge in [-0.25, -0.2) is 12.8 Å². The predicted octanol–water partition coefficient (Wildman–Crippen LogP) is 4.80. The number of nitrogens with zero attached hydrogens (tertiary/aromatic N) is 3. The van der Waals surface area contributed by atoms with Gasteiger partial charge in [-0.15, -0.1) is 0 Å². The second-order valence-electron chi connectivity index (χ2n) is 7.47. The van der Waals surface area contributed by atoms with E-state index in [0.717, 1.165) is 24.0 Å². The molecule has 0 fully saturated rings. The fourth-order valence-corrected chi connectivity index (χ4v) is 6.22. The van der Waals surface area contributed by atoms with Crippen molar-refractivity contribution >= 4 is 37.5 Å². The molecular weight excluding hydrogens is 449 g/mol. The van der Waals surface area contributed by atoms with Crippen LogP contribution in [-0.2, 0) is 16.6 Å². The number of amides is 1. The number of carbonyl (C=O) groups is 1. The highest BCUT2D eigenvalue weighted by molar-refractivity contribution is 7.89. The zero-order chi connectivity index (χ0) is 23.3. The summed E-state index contributed by atoms with van der Waals surface area (Å²) in [7, 11) is -3.62. The van der Waals surface area contributed by atoms with Crippen LogP contribution in [0.4, 0.5) is 4.39 Å². The molecule has 0 spiro atoms. The van der Waals surface area contributed by atoms with E-state index in [2.05, 4.69) is 4.99 Å². The minimum absolute atomic E-state index is 0.154. The highest BCUT2D eigenvalue weighted by atomic mass is 32.2. The molecule has 0 radical (unpaired) electrons. The highest BCUT2D eigenvalue weighted by Gasteiger charge is 2.23. The summed E-state index contributed by atoms with van der Waals surface area (Å²) in [6.07, 6.45) is 2.21. The van der Waals surface area contributed by atoms with Crippen LogP contribution in [0.15, 0.2) is 52.4 Å². The molecule has 1 amide bonds. The van der Waals surface area contributed by atoms with Crippen LogP contribution in [0.1, 0.15) is 50.4 Å². The Morgan fingerprint density at radius 2 is 1.69 bits per heavy atom. The van der Waals surface area contributed by atoms with E-state index in [4.69, 9.17) is 0 Å². The van der Waals surface area contributed by atoms with E-state index in [0.29, 0.717) is 30.0 Å². The van der Waals surface area contributed by atoms with Crippen molar-refractivity contribution in [3.8, 4) is 0 Å². The largest absolute Gasteiger partial charge is 0.314 e. The number of para-hydroxylation sites is 1. The normalized spacial score (nSPS) is 12.7. The first-order valence-corrected chi connectivity index (χ1v) is 13.1. The van der Waals surface area contributed by atoms with E-state index >= 15 is 0 Å². The lowest BCUT2D eigenvalue weighted by Crippen LogP contribution is -2.32. The minimum Gasteiger partial charge on any atom is -0.314 e. The first-order chi connectivity index (χ1) is 15.3. The lowest BCUT2D eigenvalue weighted by atomic mass is 10.2. The van der Waals surface area contributed by atoms with Crippen LogP contribution >= 0.6 is 11.3 Å². The Balaban J connectivity index is 1.95. The minimum atomic E-state index is -3.62. The molecule has 172 valence electrons. The number of hydrogen-bond acceptors (Lipinski definition) is 4. The van der Waals surface area contributed by atoms with Crippen LogP contribution in [0.2, 0.25) is 0 Å². The average Bonchev–Trinajstić information content (AvgIpc) is 3.12. The number of fused-ring (bicyclic) bond motifs is 1. The van der Waals surface area contributed by atoms with E-state index in [-0.39, 0.29) is 16.3 Å². The molecule has 3 rings (SSSR count). The van der Waals surface area contributed by atoms with Crippen molar-refractivity contribution in [1.82, 2.24) is 8.87 Å². The summed E-state index contributed by atoms with van der Waals surface area (Å²) in [5, 5.41) is 0. The molecule has 1 aromatic heterocycles. The number of sulfonamides is 1. The monoisotopic (exact) mass is 477 g/mol. The van der Waals surface area contributed by atoms with Crippen LogP contribution in [0.5, 0.6) is 0 Å². The second kappa shape index (κ2) is 10.5. The van der Waals surface area contributed by atoms with Gasteiger partial charge in [0.2, 0.25) is 10.0 Å². The molecular formula is C23H28FN3O3S2. The third-order valence-corrected chi connectivity index (χ3v) is 7.94. The number of hydrogen-bond donors (Lipinski definition) is 0. The Morgan fingerprint density at radius 3 is 2.28 bits per heavy atom. The summed E-state index contributed by atoms with van der Waals surface area (Å²) < 4.78 is 44.1. The number of carbonyl (C=O) groups excluding carboxylic acids is 1. The maximum absolute atomic E-state index is 14.4. The van der Waals surface area contributed by atoms with E-state index in [1.807, 2.05) is 20.8 Å². The number of halogens is 1. The molecule has 0 saturated carbocycles. The van der Waals surface area contributed by atoms with Gasteiger partial charge in [0.25, 0.3) is 5.91 Å². The summed E-state index contributed by atoms with van der Waals surface area (Å²) in [5.41, 5.74) is 0.724. The number of benzene rings is 2. The van der Waals surface area contributed by atoms with Gasteiger partial charge in [-0.05, 0) is 55.7 Å². The van der Waals surface area contributed by atoms with Gasteiger partial charge in [-0.1, -0.05) is 38.2 Å². The third kappa shape index (κ3) is 5.00. The fraction of sp³-hybridized carbons (Fsp3) is 0.391. The number of thiazole rings is 1. The van der Waals surface area contributed by atoms with Crippen molar-refractivity contribution in [3.63, 3.8) is 0 Å². The Bertz CT molecular complexity index is 1260. The van der Waals surface area contributed by atoms with Gasteiger partial charge in [-0.3, -0.25) is 4.79 Å². The summed E-state index contributed by atoms with van der Waals surface area (Å²) in [6, 6.07) is 10.7. The van der Waals surface area contributed by atoms with Crippen LogP contribution in [0, 0.1) is 5.82 Å². The molecule has 9 heteroatoms. The molecule has 1 heterocycles. The van der Waals surface area contributed by atoms with Crippen molar-refractivity contribution < 1.29 is 17.6 Å². The van der Waals surface area contributed by atoms with Gasteiger partial charge in [0, 0.05) is 25.2 Å². The number of aryl methyl sites for hydroxylation is 1. The lowest BCUT2D eigenvalue weighted by molar-refractivity contribution is 0.0997. The quantitative estimate of drug-likeness (QED) is 0.444. The van der Waals surface area contributed by atoms with Crippen molar-refractivity contribution in [2.24, 2.45) is 4.99 Å². The van der Waals surface area contributed by atoms with Crippen LogP contribution in [0.25, 0.3) is 10.2 Å². The van der Waals surface area contributed by atoms with Gasteiger partial charge >= 0.3 is 0 Å². The molecule has 0 bridgehead atoms. The summed E-state index contributed by atoms with van der Waals surface area (Å²) in [5.74, 6) is -0.843. The van der Waals surface area contributed by atoms with E-state index < -0.39 is 15.9 Å². The Kier molecular flexibility index (Phi) is 7.97. The number of aromatic nitrogens is 1. The van der Waals surface area contributed by atoms with Gasteiger partial charge in [-0.2, -0.15) is 9.30 Å². The predicted molar refractivity (Wildman–Crippen MR) is 126 cm³/mol.